The van der Waals surface area contributed by atoms with E-state index in [9.17, 15) is 9.18 Å². The van der Waals surface area contributed by atoms with Crippen LogP contribution in [0, 0.1) is 0 Å². The van der Waals surface area contributed by atoms with E-state index >= 15 is 0 Å². The van der Waals surface area contributed by atoms with Crippen LogP contribution in [0.4, 0.5) is 16.2 Å². The Morgan fingerprint density at radius 3 is 2.93 bits per heavy atom. The van der Waals surface area contributed by atoms with Crippen LogP contribution in [0.1, 0.15) is 35.8 Å². The van der Waals surface area contributed by atoms with Crippen LogP contribution in [0.3, 0.4) is 0 Å². The molecule has 1 saturated heterocycles. The first-order valence-corrected chi connectivity index (χ1v) is 9.39. The number of halogens is 1. The van der Waals surface area contributed by atoms with Gasteiger partial charge >= 0.3 is 0 Å². The SMILES string of the molecule is CN(C)c1nccc(N2C[C@@H](F)C[C@H]2CNC(=O)c2cccn2C2CC2)n1. The summed E-state index contributed by atoms with van der Waals surface area (Å²) in [6, 6.07) is 5.85. The third-order valence-electron chi connectivity index (χ3n) is 5.14. The molecular formula is C19H25FN6O. The summed E-state index contributed by atoms with van der Waals surface area (Å²) in [4.78, 5) is 25.1. The summed E-state index contributed by atoms with van der Waals surface area (Å²) in [6.07, 6.45) is 5.33. The highest BCUT2D eigenvalue weighted by Crippen LogP contribution is 2.36. The predicted molar refractivity (Wildman–Crippen MR) is 102 cm³/mol. The Bertz CT molecular complexity index is 818. The van der Waals surface area contributed by atoms with E-state index < -0.39 is 6.17 Å². The van der Waals surface area contributed by atoms with Crippen molar-refractivity contribution in [2.45, 2.75) is 37.5 Å². The van der Waals surface area contributed by atoms with Gasteiger partial charge in [-0.1, -0.05) is 0 Å². The Labute approximate surface area is 158 Å². The van der Waals surface area contributed by atoms with Crippen LogP contribution in [-0.2, 0) is 0 Å². The fourth-order valence-electron chi connectivity index (χ4n) is 3.61. The van der Waals surface area contributed by atoms with Gasteiger partial charge in [-0.3, -0.25) is 4.79 Å². The topological polar surface area (TPSA) is 66.3 Å². The Morgan fingerprint density at radius 2 is 2.19 bits per heavy atom. The van der Waals surface area contributed by atoms with Gasteiger partial charge in [-0.05, 0) is 31.0 Å². The molecule has 2 aliphatic rings. The molecule has 0 bridgehead atoms. The summed E-state index contributed by atoms with van der Waals surface area (Å²) >= 11 is 0. The van der Waals surface area contributed by atoms with E-state index in [0.717, 1.165) is 12.8 Å². The van der Waals surface area contributed by atoms with Gasteiger partial charge in [-0.15, -0.1) is 0 Å². The first-order chi connectivity index (χ1) is 13.0. The average Bonchev–Trinajstić information content (AvgIpc) is 3.26. The molecule has 0 unspecified atom stereocenters. The van der Waals surface area contributed by atoms with Crippen molar-refractivity contribution < 1.29 is 9.18 Å². The number of carbonyl (C=O) groups excluding carboxylic acids is 1. The summed E-state index contributed by atoms with van der Waals surface area (Å²) in [6.45, 7) is 0.666. The van der Waals surface area contributed by atoms with Crippen LogP contribution in [-0.4, -0.2) is 59.8 Å². The molecule has 0 aromatic carbocycles. The molecule has 1 aliphatic heterocycles. The highest BCUT2D eigenvalue weighted by molar-refractivity contribution is 5.92. The molecule has 2 aromatic rings. The number of nitrogens with one attached hydrogen (secondary N) is 1. The largest absolute Gasteiger partial charge is 0.349 e. The second-order valence-electron chi connectivity index (χ2n) is 7.49. The fraction of sp³-hybridized carbons (Fsp3) is 0.526. The Kier molecular flexibility index (Phi) is 4.72. The summed E-state index contributed by atoms with van der Waals surface area (Å²) in [7, 11) is 3.74. The van der Waals surface area contributed by atoms with Crippen molar-refractivity contribution in [1.29, 1.82) is 0 Å². The maximum Gasteiger partial charge on any atom is 0.267 e. The van der Waals surface area contributed by atoms with E-state index in [2.05, 4.69) is 15.3 Å². The maximum atomic E-state index is 14.1. The van der Waals surface area contributed by atoms with Gasteiger partial charge in [0.05, 0.1) is 12.6 Å². The van der Waals surface area contributed by atoms with Gasteiger partial charge in [0, 0.05) is 45.5 Å². The lowest BCUT2D eigenvalue weighted by atomic mass is 10.2. The van der Waals surface area contributed by atoms with Crippen molar-refractivity contribution in [1.82, 2.24) is 19.9 Å². The molecule has 3 heterocycles. The van der Waals surface area contributed by atoms with E-state index in [1.165, 1.54) is 0 Å². The molecule has 2 fully saturated rings. The van der Waals surface area contributed by atoms with Gasteiger partial charge in [-0.2, -0.15) is 4.98 Å². The number of aromatic nitrogens is 3. The first-order valence-electron chi connectivity index (χ1n) is 9.39. The third kappa shape index (κ3) is 3.74. The Morgan fingerprint density at radius 1 is 1.37 bits per heavy atom. The minimum Gasteiger partial charge on any atom is -0.349 e. The molecule has 4 rings (SSSR count). The minimum absolute atomic E-state index is 0.106. The standard InChI is InChI=1S/C19H25FN6O/c1-24(2)19-21-8-7-17(23-19)26-12-13(20)10-15(26)11-22-18(27)16-4-3-9-25(16)14-5-6-14/h3-4,7-9,13-15H,5-6,10-12H2,1-2H3,(H,22,27)/t13-,15-/m0/s1. The number of hydrogen-bond acceptors (Lipinski definition) is 5. The van der Waals surface area contributed by atoms with Crippen molar-refractivity contribution >= 4 is 17.7 Å². The molecule has 2 aromatic heterocycles. The van der Waals surface area contributed by atoms with Gasteiger partial charge < -0.3 is 19.7 Å². The van der Waals surface area contributed by atoms with E-state index in [1.54, 1.807) is 12.3 Å². The van der Waals surface area contributed by atoms with Crippen molar-refractivity contribution in [2.75, 3.05) is 37.0 Å². The quantitative estimate of drug-likeness (QED) is 0.840. The predicted octanol–water partition coefficient (Wildman–Crippen LogP) is 2.03. The molecule has 1 saturated carbocycles. The summed E-state index contributed by atoms with van der Waals surface area (Å²) < 4.78 is 16.2. The zero-order valence-electron chi connectivity index (χ0n) is 15.7. The van der Waals surface area contributed by atoms with Crippen LogP contribution in [0.2, 0.25) is 0 Å². The molecule has 1 aliphatic carbocycles. The number of alkyl halides is 1. The molecule has 7 nitrogen and oxygen atoms in total. The molecule has 0 spiro atoms. The molecule has 1 amide bonds. The van der Waals surface area contributed by atoms with Crippen molar-refractivity contribution in [3.8, 4) is 0 Å². The maximum absolute atomic E-state index is 14.1. The Hall–Kier alpha value is -2.64. The number of carbonyl (C=O) groups is 1. The van der Waals surface area contributed by atoms with Crippen LogP contribution >= 0.6 is 0 Å². The zero-order valence-corrected chi connectivity index (χ0v) is 15.7. The van der Waals surface area contributed by atoms with Crippen molar-refractivity contribution in [3.05, 3.63) is 36.3 Å². The number of hydrogen-bond donors (Lipinski definition) is 1. The molecule has 144 valence electrons. The average molecular weight is 372 g/mol. The molecule has 0 radical (unpaired) electrons. The van der Waals surface area contributed by atoms with Gasteiger partial charge in [0.1, 0.15) is 17.7 Å². The molecule has 27 heavy (non-hydrogen) atoms. The van der Waals surface area contributed by atoms with Gasteiger partial charge in [0.15, 0.2) is 0 Å². The molecular weight excluding hydrogens is 347 g/mol. The molecule has 2 atom stereocenters. The molecule has 1 N–H and O–H groups in total. The minimum atomic E-state index is -0.931. The van der Waals surface area contributed by atoms with E-state index in [1.807, 2.05) is 46.8 Å². The zero-order chi connectivity index (χ0) is 19.0. The molecule has 8 heteroatoms. The van der Waals surface area contributed by atoms with Crippen LogP contribution in [0.5, 0.6) is 0 Å². The number of anilines is 2. The number of rotatable bonds is 6. The second-order valence-corrected chi connectivity index (χ2v) is 7.49. The smallest absolute Gasteiger partial charge is 0.267 e. The van der Waals surface area contributed by atoms with Crippen molar-refractivity contribution in [2.24, 2.45) is 0 Å². The van der Waals surface area contributed by atoms with Crippen LogP contribution in [0.15, 0.2) is 30.6 Å². The van der Waals surface area contributed by atoms with Crippen LogP contribution < -0.4 is 15.1 Å². The Balaban J connectivity index is 1.45. The lowest BCUT2D eigenvalue weighted by Gasteiger charge is -2.26. The number of amides is 1. The monoisotopic (exact) mass is 372 g/mol. The highest BCUT2D eigenvalue weighted by Gasteiger charge is 2.34. The summed E-state index contributed by atoms with van der Waals surface area (Å²) in [5.74, 6) is 1.17. The highest BCUT2D eigenvalue weighted by atomic mass is 19.1. The van der Waals surface area contributed by atoms with Gasteiger partial charge in [0.2, 0.25) is 5.95 Å². The van der Waals surface area contributed by atoms with Gasteiger partial charge in [0.25, 0.3) is 5.91 Å². The summed E-state index contributed by atoms with van der Waals surface area (Å²) in [5, 5.41) is 2.99. The van der Waals surface area contributed by atoms with E-state index in [4.69, 9.17) is 0 Å². The lowest BCUT2D eigenvalue weighted by molar-refractivity contribution is 0.0941. The van der Waals surface area contributed by atoms with Gasteiger partial charge in [-0.25, -0.2) is 9.37 Å². The van der Waals surface area contributed by atoms with Crippen LogP contribution in [0.25, 0.3) is 0 Å². The van der Waals surface area contributed by atoms with E-state index in [-0.39, 0.29) is 18.5 Å². The van der Waals surface area contributed by atoms with Crippen molar-refractivity contribution in [3.63, 3.8) is 0 Å². The number of nitrogens with zero attached hydrogens (tertiary/aromatic N) is 5. The fourth-order valence-corrected chi connectivity index (χ4v) is 3.61. The third-order valence-corrected chi connectivity index (χ3v) is 5.14. The first kappa shape index (κ1) is 17.8. The summed E-state index contributed by atoms with van der Waals surface area (Å²) in [5.41, 5.74) is 0.677. The second kappa shape index (κ2) is 7.17. The normalized spacial score (nSPS) is 22.1. The van der Waals surface area contributed by atoms with E-state index in [0.29, 0.717) is 36.5 Å². The lowest BCUT2D eigenvalue weighted by Crippen LogP contribution is -2.41.